The first kappa shape index (κ1) is 10.0. The first-order valence-electron chi connectivity index (χ1n) is 4.78. The van der Waals surface area contributed by atoms with Crippen molar-refractivity contribution in [3.05, 3.63) is 0 Å². The molecule has 0 aliphatic heterocycles. The van der Waals surface area contributed by atoms with E-state index in [0.29, 0.717) is 0 Å². The monoisotopic (exact) mass is 172 g/mol. The van der Waals surface area contributed by atoms with Crippen LogP contribution in [0.25, 0.3) is 0 Å². The van der Waals surface area contributed by atoms with Crippen molar-refractivity contribution in [3.63, 3.8) is 0 Å². The molecule has 0 aromatic rings. The SMILES string of the molecule is CC(C)(C)[C@]1(O)CCCC[C@H]1O. The molecule has 1 saturated carbocycles. The Kier molecular flexibility index (Phi) is 2.50. The van der Waals surface area contributed by atoms with Gasteiger partial charge in [-0.1, -0.05) is 33.6 Å². The standard InChI is InChI=1S/C10H20O2/c1-9(2,3)10(12)7-5-4-6-8(10)11/h8,11-12H,4-7H2,1-3H3/t8-,10+/m1/s1. The fourth-order valence-corrected chi connectivity index (χ4v) is 2.01. The van der Waals surface area contributed by atoms with Crippen LogP contribution >= 0.6 is 0 Å². The average Bonchev–Trinajstić information content (AvgIpc) is 1.93. The molecule has 1 aliphatic carbocycles. The van der Waals surface area contributed by atoms with Gasteiger partial charge in [-0.2, -0.15) is 0 Å². The van der Waals surface area contributed by atoms with E-state index in [1.165, 1.54) is 0 Å². The summed E-state index contributed by atoms with van der Waals surface area (Å²) in [5.74, 6) is 0. The van der Waals surface area contributed by atoms with Gasteiger partial charge in [0.2, 0.25) is 0 Å². The lowest BCUT2D eigenvalue weighted by Crippen LogP contribution is -2.54. The summed E-state index contributed by atoms with van der Waals surface area (Å²) in [4.78, 5) is 0. The Hall–Kier alpha value is -0.0800. The van der Waals surface area contributed by atoms with Crippen molar-refractivity contribution in [1.82, 2.24) is 0 Å². The van der Waals surface area contributed by atoms with Crippen molar-refractivity contribution in [1.29, 1.82) is 0 Å². The predicted molar refractivity (Wildman–Crippen MR) is 48.9 cm³/mol. The Balaban J connectivity index is 2.79. The van der Waals surface area contributed by atoms with E-state index in [0.717, 1.165) is 25.7 Å². The van der Waals surface area contributed by atoms with Gasteiger partial charge in [0.1, 0.15) is 0 Å². The zero-order chi connectivity index (χ0) is 9.41. The third-order valence-electron chi connectivity index (χ3n) is 3.14. The van der Waals surface area contributed by atoms with E-state index in [1.54, 1.807) is 0 Å². The minimum absolute atomic E-state index is 0.215. The molecule has 0 radical (unpaired) electrons. The van der Waals surface area contributed by atoms with Crippen LogP contribution in [0.15, 0.2) is 0 Å². The summed E-state index contributed by atoms with van der Waals surface area (Å²) in [5, 5.41) is 19.9. The fraction of sp³-hybridized carbons (Fsp3) is 1.00. The molecule has 0 heterocycles. The van der Waals surface area contributed by atoms with Gasteiger partial charge in [0.05, 0.1) is 11.7 Å². The molecule has 0 saturated heterocycles. The molecular formula is C10H20O2. The van der Waals surface area contributed by atoms with E-state index in [2.05, 4.69) is 0 Å². The third-order valence-corrected chi connectivity index (χ3v) is 3.14. The number of aliphatic hydroxyl groups excluding tert-OH is 1. The molecule has 2 atom stereocenters. The van der Waals surface area contributed by atoms with Gasteiger partial charge < -0.3 is 10.2 Å². The van der Waals surface area contributed by atoms with Crippen LogP contribution in [-0.4, -0.2) is 21.9 Å². The zero-order valence-electron chi connectivity index (χ0n) is 8.30. The minimum Gasteiger partial charge on any atom is -0.390 e. The molecule has 0 spiro atoms. The van der Waals surface area contributed by atoms with Gasteiger partial charge in [-0.15, -0.1) is 0 Å². The lowest BCUT2D eigenvalue weighted by atomic mass is 9.67. The Morgan fingerprint density at radius 1 is 1.25 bits per heavy atom. The highest BCUT2D eigenvalue weighted by Gasteiger charge is 2.46. The molecular weight excluding hydrogens is 152 g/mol. The molecule has 0 unspecified atom stereocenters. The van der Waals surface area contributed by atoms with Crippen molar-refractivity contribution < 1.29 is 10.2 Å². The predicted octanol–water partition coefficient (Wildman–Crippen LogP) is 1.70. The maximum Gasteiger partial charge on any atom is 0.0953 e. The number of aliphatic hydroxyl groups is 2. The van der Waals surface area contributed by atoms with E-state index < -0.39 is 11.7 Å². The van der Waals surface area contributed by atoms with Crippen molar-refractivity contribution >= 4 is 0 Å². The lowest BCUT2D eigenvalue weighted by molar-refractivity contribution is -0.161. The second kappa shape index (κ2) is 3.00. The maximum absolute atomic E-state index is 10.2. The summed E-state index contributed by atoms with van der Waals surface area (Å²) >= 11 is 0. The summed E-state index contributed by atoms with van der Waals surface area (Å²) < 4.78 is 0. The molecule has 2 nitrogen and oxygen atoms in total. The molecule has 1 fully saturated rings. The van der Waals surface area contributed by atoms with Gasteiger partial charge in [-0.05, 0) is 18.3 Å². The summed E-state index contributed by atoms with van der Waals surface area (Å²) in [6.45, 7) is 5.96. The lowest BCUT2D eigenvalue weighted by Gasteiger charge is -2.46. The van der Waals surface area contributed by atoms with Crippen LogP contribution in [-0.2, 0) is 0 Å². The molecule has 12 heavy (non-hydrogen) atoms. The topological polar surface area (TPSA) is 40.5 Å². The van der Waals surface area contributed by atoms with Gasteiger partial charge >= 0.3 is 0 Å². The molecule has 0 aromatic heterocycles. The van der Waals surface area contributed by atoms with Crippen molar-refractivity contribution in [2.75, 3.05) is 0 Å². The quantitative estimate of drug-likeness (QED) is 0.584. The molecule has 2 N–H and O–H groups in total. The van der Waals surface area contributed by atoms with Crippen molar-refractivity contribution in [3.8, 4) is 0 Å². The van der Waals surface area contributed by atoms with Crippen LogP contribution < -0.4 is 0 Å². The summed E-state index contributed by atoms with van der Waals surface area (Å²) in [6.07, 6.45) is 3.02. The van der Waals surface area contributed by atoms with E-state index in [4.69, 9.17) is 0 Å². The molecule has 1 aliphatic rings. The van der Waals surface area contributed by atoms with Crippen LogP contribution in [0.2, 0.25) is 0 Å². The van der Waals surface area contributed by atoms with E-state index in [-0.39, 0.29) is 5.41 Å². The third kappa shape index (κ3) is 1.50. The Bertz CT molecular complexity index is 160. The van der Waals surface area contributed by atoms with Crippen LogP contribution in [0.4, 0.5) is 0 Å². The van der Waals surface area contributed by atoms with Gasteiger partial charge in [0.25, 0.3) is 0 Å². The summed E-state index contributed by atoms with van der Waals surface area (Å²) in [5.41, 5.74) is -1.09. The zero-order valence-corrected chi connectivity index (χ0v) is 8.30. The highest BCUT2D eigenvalue weighted by molar-refractivity contribution is 4.98. The molecule has 2 heteroatoms. The fourth-order valence-electron chi connectivity index (χ4n) is 2.01. The highest BCUT2D eigenvalue weighted by Crippen LogP contribution is 2.41. The summed E-state index contributed by atoms with van der Waals surface area (Å²) in [7, 11) is 0. The van der Waals surface area contributed by atoms with E-state index >= 15 is 0 Å². The van der Waals surface area contributed by atoms with Gasteiger partial charge in [-0.3, -0.25) is 0 Å². The minimum atomic E-state index is -0.870. The highest BCUT2D eigenvalue weighted by atomic mass is 16.3. The first-order valence-corrected chi connectivity index (χ1v) is 4.78. The second-order valence-electron chi connectivity index (χ2n) is 4.94. The smallest absolute Gasteiger partial charge is 0.0953 e. The number of rotatable bonds is 0. The van der Waals surface area contributed by atoms with Gasteiger partial charge in [0, 0.05) is 0 Å². The number of hydrogen-bond donors (Lipinski definition) is 2. The van der Waals surface area contributed by atoms with Crippen LogP contribution in [0, 0.1) is 5.41 Å². The Morgan fingerprint density at radius 3 is 2.17 bits per heavy atom. The average molecular weight is 172 g/mol. The van der Waals surface area contributed by atoms with Crippen LogP contribution in [0.3, 0.4) is 0 Å². The Labute approximate surface area is 74.6 Å². The number of hydrogen-bond acceptors (Lipinski definition) is 2. The molecule has 0 amide bonds. The molecule has 1 rings (SSSR count). The maximum atomic E-state index is 10.2. The Morgan fingerprint density at radius 2 is 1.83 bits per heavy atom. The van der Waals surface area contributed by atoms with Crippen molar-refractivity contribution in [2.45, 2.75) is 58.2 Å². The van der Waals surface area contributed by atoms with E-state index in [9.17, 15) is 10.2 Å². The molecule has 0 bridgehead atoms. The second-order valence-corrected chi connectivity index (χ2v) is 4.94. The van der Waals surface area contributed by atoms with Gasteiger partial charge in [-0.25, -0.2) is 0 Å². The largest absolute Gasteiger partial charge is 0.390 e. The van der Waals surface area contributed by atoms with Gasteiger partial charge in [0.15, 0.2) is 0 Å². The van der Waals surface area contributed by atoms with Crippen LogP contribution in [0.1, 0.15) is 46.5 Å². The summed E-state index contributed by atoms with van der Waals surface area (Å²) in [6, 6.07) is 0. The normalized spacial score (nSPS) is 38.2. The molecule has 72 valence electrons. The van der Waals surface area contributed by atoms with Crippen LogP contribution in [0.5, 0.6) is 0 Å². The van der Waals surface area contributed by atoms with E-state index in [1.807, 2.05) is 20.8 Å². The van der Waals surface area contributed by atoms with Crippen molar-refractivity contribution in [2.24, 2.45) is 5.41 Å². The molecule has 0 aromatic carbocycles. The first-order chi connectivity index (χ1) is 5.38.